The van der Waals surface area contributed by atoms with Crippen molar-refractivity contribution in [1.82, 2.24) is 15.2 Å². The van der Waals surface area contributed by atoms with Gasteiger partial charge in [0.1, 0.15) is 5.69 Å². The van der Waals surface area contributed by atoms with E-state index in [1.165, 1.54) is 38.6 Å². The summed E-state index contributed by atoms with van der Waals surface area (Å²) in [5.41, 5.74) is 3.71. The van der Waals surface area contributed by atoms with Gasteiger partial charge in [0, 0.05) is 29.7 Å². The predicted molar refractivity (Wildman–Crippen MR) is 127 cm³/mol. The third kappa shape index (κ3) is 3.51. The number of pyridine rings is 1. The molecule has 0 unspecified atom stereocenters. The van der Waals surface area contributed by atoms with E-state index in [0.717, 1.165) is 29.5 Å². The van der Waals surface area contributed by atoms with Gasteiger partial charge in [-0.05, 0) is 80.0 Å². The van der Waals surface area contributed by atoms with E-state index in [9.17, 15) is 4.79 Å². The van der Waals surface area contributed by atoms with Crippen LogP contribution in [-0.2, 0) is 0 Å². The van der Waals surface area contributed by atoms with Gasteiger partial charge in [-0.1, -0.05) is 48.5 Å². The highest BCUT2D eigenvalue weighted by Crippen LogP contribution is 2.53. The second-order valence-corrected chi connectivity index (χ2v) is 9.84. The van der Waals surface area contributed by atoms with Crippen LogP contribution in [0.3, 0.4) is 0 Å². The molecule has 2 aliphatic heterocycles. The number of amides is 1. The van der Waals surface area contributed by atoms with Crippen molar-refractivity contribution in [3.63, 3.8) is 0 Å². The van der Waals surface area contributed by atoms with E-state index in [0.29, 0.717) is 17.8 Å². The number of hydrogen-bond acceptors (Lipinski definition) is 3. The van der Waals surface area contributed by atoms with Crippen LogP contribution in [0.4, 0.5) is 0 Å². The molecule has 164 valence electrons. The molecule has 4 nitrogen and oxygen atoms in total. The summed E-state index contributed by atoms with van der Waals surface area (Å²) in [6.45, 7) is 1.21. The summed E-state index contributed by atoms with van der Waals surface area (Å²) in [5, 5.41) is 5.27. The zero-order chi connectivity index (χ0) is 21.5. The third-order valence-electron chi connectivity index (χ3n) is 8.09. The highest BCUT2D eigenvalue weighted by atomic mass is 16.1. The van der Waals surface area contributed by atoms with Crippen LogP contribution in [0.5, 0.6) is 0 Å². The minimum atomic E-state index is -0.0309. The van der Waals surface area contributed by atoms with Crippen molar-refractivity contribution in [2.24, 2.45) is 5.92 Å². The number of carbonyl (C=O) groups excluding carboxylic acids is 1. The number of hydrogen-bond donors (Lipinski definition) is 1. The predicted octanol–water partition coefficient (Wildman–Crippen LogP) is 5.81. The Bertz CT molecular complexity index is 1100. The van der Waals surface area contributed by atoms with Crippen LogP contribution in [0, 0.1) is 5.92 Å². The van der Waals surface area contributed by atoms with Gasteiger partial charge in [0.05, 0.1) is 0 Å². The fourth-order valence-corrected chi connectivity index (χ4v) is 6.44. The number of fused-ring (bicyclic) bond motifs is 6. The maximum absolute atomic E-state index is 12.9. The van der Waals surface area contributed by atoms with E-state index in [1.807, 2.05) is 30.3 Å². The Balaban J connectivity index is 1.02. The molecule has 3 heterocycles. The second kappa shape index (κ2) is 8.32. The zero-order valence-corrected chi connectivity index (χ0v) is 18.5. The maximum Gasteiger partial charge on any atom is 0.270 e. The summed E-state index contributed by atoms with van der Waals surface area (Å²) in [5.74, 6) is 0.749. The summed E-state index contributed by atoms with van der Waals surface area (Å²) in [7, 11) is 0. The standard InChI is InChI=1S/C28H31N3O/c32-28(27-22-6-2-1-5-20(22)15-17-29-27)30-21-11-9-19(10-12-21)16-18-31-25-13-14-26(31)24-8-4-3-7-23(24)25/h1-8,15,17,19,21,25-26H,9-14,16,18H2,(H,30,32)/t19-,21-,25-,26+. The van der Waals surface area contributed by atoms with Crippen molar-refractivity contribution in [1.29, 1.82) is 0 Å². The molecule has 1 saturated carbocycles. The molecule has 4 heteroatoms. The van der Waals surface area contributed by atoms with Gasteiger partial charge in [-0.15, -0.1) is 0 Å². The molecule has 6 rings (SSSR count). The van der Waals surface area contributed by atoms with E-state index in [1.54, 1.807) is 17.3 Å². The smallest absolute Gasteiger partial charge is 0.270 e. The first-order valence-corrected chi connectivity index (χ1v) is 12.3. The number of rotatable bonds is 5. The average molecular weight is 426 g/mol. The number of carbonyl (C=O) groups is 1. The van der Waals surface area contributed by atoms with Crippen molar-refractivity contribution < 1.29 is 4.79 Å². The number of nitrogens with one attached hydrogen (secondary N) is 1. The Kier molecular flexibility index (Phi) is 5.18. The Labute approximate surface area is 190 Å². The molecule has 2 bridgehead atoms. The van der Waals surface area contributed by atoms with Gasteiger partial charge in [-0.3, -0.25) is 14.7 Å². The lowest BCUT2D eigenvalue weighted by Crippen LogP contribution is -2.38. The first-order chi connectivity index (χ1) is 15.8. The number of benzene rings is 2. The van der Waals surface area contributed by atoms with Crippen molar-refractivity contribution >= 4 is 16.7 Å². The van der Waals surface area contributed by atoms with Crippen LogP contribution in [0.2, 0.25) is 0 Å². The fraction of sp³-hybridized carbons (Fsp3) is 0.429. The number of nitrogens with zero attached hydrogens (tertiary/aromatic N) is 2. The molecule has 3 aliphatic rings. The molecule has 1 N–H and O–H groups in total. The van der Waals surface area contributed by atoms with Gasteiger partial charge in [-0.2, -0.15) is 0 Å². The molecular weight excluding hydrogens is 394 g/mol. The van der Waals surface area contributed by atoms with E-state index >= 15 is 0 Å². The molecular formula is C28H31N3O. The third-order valence-corrected chi connectivity index (χ3v) is 8.09. The van der Waals surface area contributed by atoms with Gasteiger partial charge >= 0.3 is 0 Å². The lowest BCUT2D eigenvalue weighted by Gasteiger charge is -2.31. The lowest BCUT2D eigenvalue weighted by atomic mass is 9.84. The van der Waals surface area contributed by atoms with E-state index < -0.39 is 0 Å². The topological polar surface area (TPSA) is 45.2 Å². The van der Waals surface area contributed by atoms with Crippen molar-refractivity contribution in [3.8, 4) is 0 Å². The quantitative estimate of drug-likeness (QED) is 0.561. The monoisotopic (exact) mass is 425 g/mol. The fourth-order valence-electron chi connectivity index (χ4n) is 6.44. The van der Waals surface area contributed by atoms with Gasteiger partial charge in [0.15, 0.2) is 0 Å². The first kappa shape index (κ1) is 19.9. The van der Waals surface area contributed by atoms with Crippen LogP contribution in [0.15, 0.2) is 60.8 Å². The number of aromatic nitrogens is 1. The zero-order valence-electron chi connectivity index (χ0n) is 18.5. The Morgan fingerprint density at radius 3 is 2.31 bits per heavy atom. The van der Waals surface area contributed by atoms with Crippen LogP contribution in [-0.4, -0.2) is 28.4 Å². The van der Waals surface area contributed by atoms with E-state index in [2.05, 4.69) is 39.5 Å². The van der Waals surface area contributed by atoms with Crippen LogP contribution in [0.25, 0.3) is 10.8 Å². The van der Waals surface area contributed by atoms with Crippen molar-refractivity contribution in [2.45, 2.75) is 63.1 Å². The van der Waals surface area contributed by atoms with Gasteiger partial charge in [-0.25, -0.2) is 0 Å². The van der Waals surface area contributed by atoms with Crippen LogP contribution < -0.4 is 5.32 Å². The summed E-state index contributed by atoms with van der Waals surface area (Å²) in [4.78, 5) is 20.1. The molecule has 2 atom stereocenters. The van der Waals surface area contributed by atoms with E-state index in [-0.39, 0.29) is 11.9 Å². The molecule has 3 aromatic rings. The molecule has 2 aromatic carbocycles. The molecule has 2 fully saturated rings. The molecule has 1 saturated heterocycles. The molecule has 0 radical (unpaired) electrons. The largest absolute Gasteiger partial charge is 0.348 e. The summed E-state index contributed by atoms with van der Waals surface area (Å²) >= 11 is 0. The van der Waals surface area contributed by atoms with Gasteiger partial charge < -0.3 is 5.32 Å². The van der Waals surface area contributed by atoms with Crippen LogP contribution >= 0.6 is 0 Å². The second-order valence-electron chi connectivity index (χ2n) is 9.84. The highest BCUT2D eigenvalue weighted by molar-refractivity contribution is 6.05. The Morgan fingerprint density at radius 2 is 1.56 bits per heavy atom. The minimum Gasteiger partial charge on any atom is -0.348 e. The van der Waals surface area contributed by atoms with Crippen molar-refractivity contribution in [2.75, 3.05) is 6.54 Å². The first-order valence-electron chi connectivity index (χ1n) is 12.3. The summed E-state index contributed by atoms with van der Waals surface area (Å²) in [6, 6.07) is 20.6. The lowest BCUT2D eigenvalue weighted by molar-refractivity contribution is 0.0915. The normalized spacial score (nSPS) is 26.9. The molecule has 1 aromatic heterocycles. The average Bonchev–Trinajstić information content (AvgIpc) is 3.39. The summed E-state index contributed by atoms with van der Waals surface area (Å²) < 4.78 is 0. The van der Waals surface area contributed by atoms with Gasteiger partial charge in [0.2, 0.25) is 0 Å². The SMILES string of the molecule is O=C(N[C@H]1CC[C@H](CCN2[C@@H]3CC[C@H]2c2ccccc23)CC1)c1nccc2ccccc12. The Hall–Kier alpha value is -2.72. The molecule has 1 amide bonds. The minimum absolute atomic E-state index is 0.0309. The van der Waals surface area contributed by atoms with Gasteiger partial charge in [0.25, 0.3) is 5.91 Å². The van der Waals surface area contributed by atoms with Crippen molar-refractivity contribution in [3.05, 3.63) is 77.6 Å². The van der Waals surface area contributed by atoms with E-state index in [4.69, 9.17) is 0 Å². The molecule has 1 aliphatic carbocycles. The molecule has 0 spiro atoms. The maximum atomic E-state index is 12.9. The molecule has 32 heavy (non-hydrogen) atoms. The van der Waals surface area contributed by atoms with Crippen LogP contribution in [0.1, 0.15) is 78.6 Å². The summed E-state index contributed by atoms with van der Waals surface area (Å²) in [6.07, 6.45) is 10.2. The highest BCUT2D eigenvalue weighted by Gasteiger charge is 2.43. The Morgan fingerprint density at radius 1 is 0.875 bits per heavy atom.